The lowest BCUT2D eigenvalue weighted by Crippen LogP contribution is -2.09. The summed E-state index contributed by atoms with van der Waals surface area (Å²) in [6.45, 7) is 0. The van der Waals surface area contributed by atoms with Gasteiger partial charge in [0.2, 0.25) is 5.91 Å². The number of benzene rings is 3. The first-order valence-electron chi connectivity index (χ1n) is 7.40. The maximum absolute atomic E-state index is 12.1. The van der Waals surface area contributed by atoms with Crippen LogP contribution >= 0.6 is 15.9 Å². The predicted octanol–water partition coefficient (Wildman–Crippen LogP) is 4.98. The summed E-state index contributed by atoms with van der Waals surface area (Å²) in [6, 6.07) is 20.5. The largest absolute Gasteiger partial charge is 0.322 e. The zero-order valence-corrected chi connectivity index (χ0v) is 14.3. The normalized spacial score (nSPS) is 10.9. The molecular weight excluding hydrogens is 366 g/mol. The minimum atomic E-state index is -0.336. The number of amides is 1. The zero-order chi connectivity index (χ0) is 16.9. The number of nitrogens with one attached hydrogen (secondary N) is 1. The van der Waals surface area contributed by atoms with Gasteiger partial charge in [-0.25, -0.2) is 0 Å². The molecule has 1 N–H and O–H groups in total. The molecule has 3 aromatic rings. The molecule has 1 amide bonds. The van der Waals surface area contributed by atoms with Crippen molar-refractivity contribution in [2.75, 3.05) is 5.32 Å². The molecule has 0 atom stereocenters. The van der Waals surface area contributed by atoms with Crippen LogP contribution in [0.2, 0.25) is 0 Å². The zero-order valence-electron chi connectivity index (χ0n) is 12.7. The highest BCUT2D eigenvalue weighted by molar-refractivity contribution is 9.10. The molecule has 0 unspecified atom stereocenters. The first-order chi connectivity index (χ1) is 11.6. The number of anilines is 1. The molecule has 0 aliphatic carbocycles. The third-order valence-electron chi connectivity index (χ3n) is 3.56. The van der Waals surface area contributed by atoms with Crippen molar-refractivity contribution in [1.82, 2.24) is 0 Å². The van der Waals surface area contributed by atoms with Crippen molar-refractivity contribution < 1.29 is 9.59 Å². The molecule has 3 aromatic carbocycles. The molecule has 0 saturated carbocycles. The molecule has 0 aromatic heterocycles. The number of fused-ring (bicyclic) bond motifs is 1. The van der Waals surface area contributed by atoms with Gasteiger partial charge in [0.1, 0.15) is 0 Å². The van der Waals surface area contributed by atoms with E-state index >= 15 is 0 Å². The van der Waals surface area contributed by atoms with Crippen molar-refractivity contribution in [2.45, 2.75) is 0 Å². The van der Waals surface area contributed by atoms with Gasteiger partial charge in [-0.3, -0.25) is 9.59 Å². The highest BCUT2D eigenvalue weighted by Crippen LogP contribution is 2.22. The Morgan fingerprint density at radius 1 is 0.833 bits per heavy atom. The third kappa shape index (κ3) is 3.78. The Balaban J connectivity index is 1.73. The summed E-state index contributed by atoms with van der Waals surface area (Å²) in [7, 11) is 0. The maximum atomic E-state index is 12.1. The van der Waals surface area contributed by atoms with E-state index in [1.165, 1.54) is 12.2 Å². The maximum Gasteiger partial charge on any atom is 0.248 e. The van der Waals surface area contributed by atoms with E-state index in [0.29, 0.717) is 5.56 Å². The van der Waals surface area contributed by atoms with Gasteiger partial charge < -0.3 is 5.32 Å². The number of ketones is 1. The van der Waals surface area contributed by atoms with Crippen molar-refractivity contribution in [3.63, 3.8) is 0 Å². The van der Waals surface area contributed by atoms with Crippen LogP contribution in [0.15, 0.2) is 83.4 Å². The van der Waals surface area contributed by atoms with Gasteiger partial charge in [0, 0.05) is 27.2 Å². The van der Waals surface area contributed by atoms with Gasteiger partial charge in [-0.2, -0.15) is 0 Å². The number of carbonyl (C=O) groups excluding carboxylic acids is 2. The van der Waals surface area contributed by atoms with E-state index in [1.807, 2.05) is 42.5 Å². The monoisotopic (exact) mass is 379 g/mol. The Labute approximate surface area is 148 Å². The number of carbonyl (C=O) groups is 2. The molecule has 118 valence electrons. The van der Waals surface area contributed by atoms with Gasteiger partial charge in [-0.1, -0.05) is 52.3 Å². The predicted molar refractivity (Wildman–Crippen MR) is 100 cm³/mol. The van der Waals surface area contributed by atoms with E-state index in [2.05, 4.69) is 21.2 Å². The highest BCUT2D eigenvalue weighted by atomic mass is 79.9. The number of hydrogen-bond acceptors (Lipinski definition) is 2. The van der Waals surface area contributed by atoms with Crippen LogP contribution in [0.5, 0.6) is 0 Å². The summed E-state index contributed by atoms with van der Waals surface area (Å²) >= 11 is 3.32. The van der Waals surface area contributed by atoms with Crippen molar-refractivity contribution in [1.29, 1.82) is 0 Å². The van der Waals surface area contributed by atoms with E-state index in [4.69, 9.17) is 0 Å². The fourth-order valence-corrected chi connectivity index (χ4v) is 2.63. The molecule has 3 rings (SSSR count). The smallest absolute Gasteiger partial charge is 0.248 e. The van der Waals surface area contributed by atoms with Crippen LogP contribution in [0, 0.1) is 0 Å². The minimum Gasteiger partial charge on any atom is -0.322 e. The molecule has 3 nitrogen and oxygen atoms in total. The van der Waals surface area contributed by atoms with Crippen LogP contribution in [-0.2, 0) is 4.79 Å². The molecule has 24 heavy (non-hydrogen) atoms. The second-order valence-corrected chi connectivity index (χ2v) is 6.14. The molecule has 0 spiro atoms. The van der Waals surface area contributed by atoms with Crippen LogP contribution in [-0.4, -0.2) is 11.7 Å². The lowest BCUT2D eigenvalue weighted by molar-refractivity contribution is -0.111. The Morgan fingerprint density at radius 3 is 2.33 bits per heavy atom. The van der Waals surface area contributed by atoms with Gasteiger partial charge in [0.25, 0.3) is 0 Å². The summed E-state index contributed by atoms with van der Waals surface area (Å²) in [5, 5.41) is 4.82. The van der Waals surface area contributed by atoms with E-state index in [9.17, 15) is 9.59 Å². The van der Waals surface area contributed by atoms with Crippen LogP contribution in [0.3, 0.4) is 0 Å². The number of allylic oxidation sites excluding steroid dienone is 1. The fourth-order valence-electron chi connectivity index (χ4n) is 2.37. The summed E-state index contributed by atoms with van der Waals surface area (Å²) in [5.74, 6) is -0.549. The molecule has 0 saturated heterocycles. The minimum absolute atomic E-state index is 0.212. The van der Waals surface area contributed by atoms with Crippen molar-refractivity contribution in [3.05, 3.63) is 88.9 Å². The van der Waals surface area contributed by atoms with Crippen LogP contribution in [0.25, 0.3) is 10.8 Å². The molecule has 0 bridgehead atoms. The van der Waals surface area contributed by atoms with Crippen molar-refractivity contribution in [2.24, 2.45) is 0 Å². The number of hydrogen-bond donors (Lipinski definition) is 1. The molecular formula is C20H14BrNO2. The van der Waals surface area contributed by atoms with Gasteiger partial charge in [0.05, 0.1) is 0 Å². The number of halogens is 1. The molecule has 4 heteroatoms. The van der Waals surface area contributed by atoms with Crippen LogP contribution in [0.1, 0.15) is 10.4 Å². The Morgan fingerprint density at radius 2 is 1.54 bits per heavy atom. The van der Waals surface area contributed by atoms with Crippen LogP contribution < -0.4 is 5.32 Å². The average Bonchev–Trinajstić information content (AvgIpc) is 2.61. The van der Waals surface area contributed by atoms with Gasteiger partial charge in [-0.15, -0.1) is 0 Å². The van der Waals surface area contributed by atoms with Crippen molar-refractivity contribution in [3.8, 4) is 0 Å². The average molecular weight is 380 g/mol. The first kappa shape index (κ1) is 16.1. The van der Waals surface area contributed by atoms with Gasteiger partial charge in [0.15, 0.2) is 5.78 Å². The third-order valence-corrected chi connectivity index (χ3v) is 4.09. The van der Waals surface area contributed by atoms with Gasteiger partial charge >= 0.3 is 0 Å². The molecule has 0 fully saturated rings. The molecule has 0 aliphatic rings. The lowest BCUT2D eigenvalue weighted by Gasteiger charge is -2.06. The Kier molecular flexibility index (Phi) is 4.87. The second-order valence-electron chi connectivity index (χ2n) is 5.22. The van der Waals surface area contributed by atoms with E-state index < -0.39 is 0 Å². The summed E-state index contributed by atoms with van der Waals surface area (Å²) in [5.41, 5.74) is 1.26. The lowest BCUT2D eigenvalue weighted by atomic mass is 10.1. The molecule has 0 heterocycles. The molecule has 0 radical (unpaired) electrons. The Bertz CT molecular complexity index is 925. The summed E-state index contributed by atoms with van der Waals surface area (Å²) in [4.78, 5) is 24.1. The van der Waals surface area contributed by atoms with Crippen molar-refractivity contribution >= 4 is 44.1 Å². The number of rotatable bonds is 4. The first-order valence-corrected chi connectivity index (χ1v) is 8.19. The fraction of sp³-hybridized carbons (Fsp3) is 0. The second kappa shape index (κ2) is 7.23. The summed E-state index contributed by atoms with van der Waals surface area (Å²) < 4.78 is 0.900. The highest BCUT2D eigenvalue weighted by Gasteiger charge is 2.05. The van der Waals surface area contributed by atoms with Crippen LogP contribution in [0.4, 0.5) is 5.69 Å². The molecule has 0 aliphatic heterocycles. The van der Waals surface area contributed by atoms with E-state index in [0.717, 1.165) is 20.9 Å². The quantitative estimate of drug-likeness (QED) is 0.513. The van der Waals surface area contributed by atoms with E-state index in [1.54, 1.807) is 24.3 Å². The van der Waals surface area contributed by atoms with Gasteiger partial charge in [-0.05, 0) is 41.8 Å². The topological polar surface area (TPSA) is 46.2 Å². The SMILES string of the molecule is O=C(/C=C/C(=O)c1ccc(Br)cc1)Nc1cccc2ccccc12. The van der Waals surface area contributed by atoms with E-state index in [-0.39, 0.29) is 11.7 Å². The Hall–Kier alpha value is -2.72. The summed E-state index contributed by atoms with van der Waals surface area (Å²) in [6.07, 6.45) is 2.54. The standard InChI is InChI=1S/C20H14BrNO2/c21-16-10-8-15(9-11-16)19(23)12-13-20(24)22-18-7-3-5-14-4-1-2-6-17(14)18/h1-13H,(H,22,24)/b13-12+.